The summed E-state index contributed by atoms with van der Waals surface area (Å²) in [6, 6.07) is 0. The van der Waals surface area contributed by atoms with Gasteiger partial charge in [-0.25, -0.2) is 4.79 Å². The predicted molar refractivity (Wildman–Crippen MR) is 58.0 cm³/mol. The second-order valence-corrected chi connectivity index (χ2v) is 4.41. The van der Waals surface area contributed by atoms with Crippen molar-refractivity contribution in [2.45, 2.75) is 12.8 Å². The van der Waals surface area contributed by atoms with Crippen LogP contribution in [0.25, 0.3) is 6.08 Å². The number of likely N-dealkylation sites (tertiary alicyclic amines) is 1. The number of carboxylic acid groups (broad SMARTS) is 1. The number of piperidine rings is 1. The maximum atomic E-state index is 10.9. The molecular weight excluding hydrogens is 206 g/mol. The van der Waals surface area contributed by atoms with Gasteiger partial charge < -0.3 is 10.0 Å². The van der Waals surface area contributed by atoms with Crippen molar-refractivity contribution in [3.05, 3.63) is 23.0 Å². The largest absolute Gasteiger partial charge is 0.465 e. The molecule has 0 bridgehead atoms. The number of aromatic nitrogens is 2. The zero-order valence-corrected chi connectivity index (χ0v) is 8.81. The van der Waals surface area contributed by atoms with Crippen LogP contribution in [0.4, 0.5) is 4.79 Å². The SMILES string of the molecule is O=C(O)N1CCC2=Cc3[nH]ncc3CC2C1. The minimum atomic E-state index is -0.808. The van der Waals surface area contributed by atoms with Crippen LogP contribution in [-0.2, 0) is 6.42 Å². The number of H-pyrrole nitrogens is 1. The third-order valence-electron chi connectivity index (χ3n) is 3.45. The normalized spacial score (nSPS) is 23.4. The van der Waals surface area contributed by atoms with Gasteiger partial charge in [-0.05, 0) is 24.5 Å². The van der Waals surface area contributed by atoms with Gasteiger partial charge in [-0.15, -0.1) is 0 Å². The number of rotatable bonds is 0. The zero-order chi connectivity index (χ0) is 11.1. The van der Waals surface area contributed by atoms with Crippen molar-refractivity contribution in [3.63, 3.8) is 0 Å². The molecule has 1 aliphatic carbocycles. The summed E-state index contributed by atoms with van der Waals surface area (Å²) in [6.45, 7) is 1.23. The molecule has 1 amide bonds. The van der Waals surface area contributed by atoms with Gasteiger partial charge in [-0.3, -0.25) is 5.10 Å². The summed E-state index contributed by atoms with van der Waals surface area (Å²) in [4.78, 5) is 12.4. The number of hydrogen-bond donors (Lipinski definition) is 2. The molecule has 1 unspecified atom stereocenters. The fourth-order valence-corrected chi connectivity index (χ4v) is 2.56. The Morgan fingerprint density at radius 1 is 1.62 bits per heavy atom. The van der Waals surface area contributed by atoms with Crippen molar-refractivity contribution in [3.8, 4) is 0 Å². The van der Waals surface area contributed by atoms with E-state index in [-0.39, 0.29) is 0 Å². The summed E-state index contributed by atoms with van der Waals surface area (Å²) < 4.78 is 0. The van der Waals surface area contributed by atoms with E-state index in [9.17, 15) is 4.79 Å². The average molecular weight is 219 g/mol. The average Bonchev–Trinajstić information content (AvgIpc) is 2.71. The van der Waals surface area contributed by atoms with Gasteiger partial charge in [0.15, 0.2) is 0 Å². The second kappa shape index (κ2) is 3.37. The molecule has 0 spiro atoms. The second-order valence-electron chi connectivity index (χ2n) is 4.41. The highest BCUT2D eigenvalue weighted by atomic mass is 16.4. The van der Waals surface area contributed by atoms with Gasteiger partial charge >= 0.3 is 6.09 Å². The van der Waals surface area contributed by atoms with Crippen molar-refractivity contribution in [2.24, 2.45) is 5.92 Å². The zero-order valence-electron chi connectivity index (χ0n) is 8.81. The van der Waals surface area contributed by atoms with Gasteiger partial charge in [0.1, 0.15) is 0 Å². The maximum absolute atomic E-state index is 10.9. The van der Waals surface area contributed by atoms with E-state index in [1.54, 1.807) is 0 Å². The molecule has 5 heteroatoms. The summed E-state index contributed by atoms with van der Waals surface area (Å²) in [5.74, 6) is 0.343. The third-order valence-corrected chi connectivity index (χ3v) is 3.45. The van der Waals surface area contributed by atoms with E-state index < -0.39 is 6.09 Å². The summed E-state index contributed by atoms with van der Waals surface area (Å²) in [5, 5.41) is 16.0. The maximum Gasteiger partial charge on any atom is 0.407 e. The van der Waals surface area contributed by atoms with Crippen LogP contribution >= 0.6 is 0 Å². The molecule has 5 nitrogen and oxygen atoms in total. The van der Waals surface area contributed by atoms with E-state index in [0.29, 0.717) is 19.0 Å². The quantitative estimate of drug-likeness (QED) is 0.692. The summed E-state index contributed by atoms with van der Waals surface area (Å²) in [6.07, 6.45) is 4.91. The minimum absolute atomic E-state index is 0.343. The Balaban J connectivity index is 1.86. The van der Waals surface area contributed by atoms with Gasteiger partial charge in [0.05, 0.1) is 11.9 Å². The molecule has 1 saturated heterocycles. The van der Waals surface area contributed by atoms with Crippen molar-refractivity contribution < 1.29 is 9.90 Å². The highest BCUT2D eigenvalue weighted by molar-refractivity contribution is 5.66. The number of amides is 1. The first-order chi connectivity index (χ1) is 7.74. The van der Waals surface area contributed by atoms with Crippen LogP contribution in [0, 0.1) is 5.92 Å². The van der Waals surface area contributed by atoms with Crippen LogP contribution in [0.15, 0.2) is 11.8 Å². The Labute approximate surface area is 92.8 Å². The molecule has 1 aliphatic heterocycles. The molecule has 3 rings (SSSR count). The lowest BCUT2D eigenvalue weighted by Gasteiger charge is -2.34. The van der Waals surface area contributed by atoms with Gasteiger partial charge in [0, 0.05) is 19.0 Å². The Hall–Kier alpha value is -1.78. The monoisotopic (exact) mass is 219 g/mol. The molecule has 1 fully saturated rings. The molecule has 1 atom stereocenters. The number of carbonyl (C=O) groups is 1. The van der Waals surface area contributed by atoms with Crippen LogP contribution in [-0.4, -0.2) is 39.4 Å². The van der Waals surface area contributed by atoms with Crippen molar-refractivity contribution in [1.29, 1.82) is 0 Å². The Morgan fingerprint density at radius 2 is 2.50 bits per heavy atom. The van der Waals surface area contributed by atoms with E-state index in [2.05, 4.69) is 16.3 Å². The molecular formula is C11H13N3O2. The van der Waals surface area contributed by atoms with E-state index >= 15 is 0 Å². The first kappa shape index (κ1) is 9.45. The molecule has 16 heavy (non-hydrogen) atoms. The van der Waals surface area contributed by atoms with E-state index in [4.69, 9.17) is 5.11 Å². The van der Waals surface area contributed by atoms with Crippen molar-refractivity contribution in [1.82, 2.24) is 15.1 Å². The fourth-order valence-electron chi connectivity index (χ4n) is 2.56. The number of hydrogen-bond acceptors (Lipinski definition) is 2. The number of fused-ring (bicyclic) bond motifs is 2. The number of nitrogens with zero attached hydrogens (tertiary/aromatic N) is 2. The summed E-state index contributed by atoms with van der Waals surface area (Å²) in [5.41, 5.74) is 3.64. The summed E-state index contributed by atoms with van der Waals surface area (Å²) >= 11 is 0. The van der Waals surface area contributed by atoms with Crippen LogP contribution < -0.4 is 0 Å². The fraction of sp³-hybridized carbons (Fsp3) is 0.455. The third kappa shape index (κ3) is 1.39. The lowest BCUT2D eigenvalue weighted by Crippen LogP contribution is -2.41. The standard InChI is InChI=1S/C11H13N3O2/c15-11(16)14-2-1-7-4-10-8(5-12-13-10)3-9(7)6-14/h4-5,9H,1-3,6H2,(H,12,13)(H,15,16). The molecule has 1 aromatic rings. The van der Waals surface area contributed by atoms with Gasteiger partial charge in [-0.1, -0.05) is 5.57 Å². The summed E-state index contributed by atoms with van der Waals surface area (Å²) in [7, 11) is 0. The molecule has 0 radical (unpaired) electrons. The van der Waals surface area contributed by atoms with E-state index in [1.807, 2.05) is 6.20 Å². The van der Waals surface area contributed by atoms with Crippen molar-refractivity contribution >= 4 is 12.2 Å². The van der Waals surface area contributed by atoms with Gasteiger partial charge in [0.2, 0.25) is 0 Å². The molecule has 2 N–H and O–H groups in total. The lowest BCUT2D eigenvalue weighted by atomic mass is 9.82. The van der Waals surface area contributed by atoms with Crippen molar-refractivity contribution in [2.75, 3.05) is 13.1 Å². The van der Waals surface area contributed by atoms with Crippen LogP contribution in [0.1, 0.15) is 17.7 Å². The molecule has 84 valence electrons. The molecule has 2 heterocycles. The highest BCUT2D eigenvalue weighted by Crippen LogP contribution is 2.32. The Kier molecular flexibility index (Phi) is 1.99. The highest BCUT2D eigenvalue weighted by Gasteiger charge is 2.30. The topological polar surface area (TPSA) is 69.2 Å². The molecule has 1 aromatic heterocycles. The van der Waals surface area contributed by atoms with Crippen LogP contribution in [0.5, 0.6) is 0 Å². The minimum Gasteiger partial charge on any atom is -0.465 e. The molecule has 2 aliphatic rings. The number of aromatic amines is 1. The first-order valence-corrected chi connectivity index (χ1v) is 5.44. The lowest BCUT2D eigenvalue weighted by molar-refractivity contribution is 0.132. The first-order valence-electron chi connectivity index (χ1n) is 5.44. The van der Waals surface area contributed by atoms with E-state index in [1.165, 1.54) is 16.0 Å². The molecule has 0 saturated carbocycles. The van der Waals surface area contributed by atoms with Gasteiger partial charge in [-0.2, -0.15) is 5.10 Å². The Morgan fingerprint density at radius 3 is 3.31 bits per heavy atom. The molecule has 0 aromatic carbocycles. The predicted octanol–water partition coefficient (Wildman–Crippen LogP) is 1.35. The number of nitrogens with one attached hydrogen (secondary N) is 1. The van der Waals surface area contributed by atoms with E-state index in [0.717, 1.165) is 18.5 Å². The van der Waals surface area contributed by atoms with Crippen LogP contribution in [0.3, 0.4) is 0 Å². The van der Waals surface area contributed by atoms with Crippen LogP contribution in [0.2, 0.25) is 0 Å². The Bertz CT molecular complexity index is 464. The van der Waals surface area contributed by atoms with Gasteiger partial charge in [0.25, 0.3) is 0 Å². The smallest absolute Gasteiger partial charge is 0.407 e.